The second kappa shape index (κ2) is 8.15. The molecule has 1 fully saturated rings. The van der Waals surface area contributed by atoms with Gasteiger partial charge in [-0.25, -0.2) is 13.8 Å². The Morgan fingerprint density at radius 1 is 1.41 bits per heavy atom. The molecule has 1 aromatic carbocycles. The average molecular weight is 486 g/mol. The Balaban J connectivity index is 1.78. The number of hydrogen-bond donors (Lipinski definition) is 2. The van der Waals surface area contributed by atoms with Gasteiger partial charge in [-0.1, -0.05) is 40.8 Å². The second-order valence-electron chi connectivity index (χ2n) is 6.17. The summed E-state index contributed by atoms with van der Waals surface area (Å²) in [6.45, 7) is 1.17. The Labute approximate surface area is 168 Å². The largest absolute Gasteiger partial charge is 0.460 e. The van der Waals surface area contributed by atoms with Crippen molar-refractivity contribution in [1.82, 2.24) is 4.98 Å². The van der Waals surface area contributed by atoms with E-state index < -0.39 is 17.6 Å². The van der Waals surface area contributed by atoms with Crippen LogP contribution in [0.25, 0.3) is 11.1 Å². The van der Waals surface area contributed by atoms with Crippen LogP contribution in [0.3, 0.4) is 0 Å². The number of halogens is 3. The Hall–Kier alpha value is -2.30. The van der Waals surface area contributed by atoms with Gasteiger partial charge in [0.2, 0.25) is 0 Å². The third kappa shape index (κ3) is 4.52. The lowest BCUT2D eigenvalue weighted by Gasteiger charge is -2.37. The Bertz CT molecular complexity index is 888. The van der Waals surface area contributed by atoms with Crippen LogP contribution in [-0.2, 0) is 16.1 Å². The lowest BCUT2D eigenvalue weighted by Crippen LogP contribution is -2.48. The van der Waals surface area contributed by atoms with Crippen molar-refractivity contribution in [3.8, 4) is 11.1 Å². The normalized spacial score (nSPS) is 14.0. The van der Waals surface area contributed by atoms with Crippen molar-refractivity contribution in [2.24, 2.45) is 5.73 Å². The van der Waals surface area contributed by atoms with E-state index in [1.54, 1.807) is 6.07 Å². The highest BCUT2D eigenvalue weighted by Gasteiger charge is 2.27. The van der Waals surface area contributed by atoms with E-state index in [0.717, 1.165) is 13.1 Å². The van der Waals surface area contributed by atoms with Gasteiger partial charge in [0.1, 0.15) is 24.7 Å². The topological polar surface area (TPSA) is 92.3 Å². The minimum Gasteiger partial charge on any atom is -0.460 e. The standard InChI is InChI=1S/C18H17F2IN4O2/c19-14-4-11(6-24-18(14)25-7-12(21)8-25)13-3-1-2-10(17(13)20)9-27-16(26)5-15(22)23/h1-4,6,12H,5,7-9H2,(H3,22,23). The summed E-state index contributed by atoms with van der Waals surface area (Å²) in [5, 5.41) is 7.05. The molecule has 0 radical (unpaired) electrons. The number of nitrogens with one attached hydrogen (secondary N) is 1. The first-order chi connectivity index (χ1) is 12.8. The van der Waals surface area contributed by atoms with Crippen LogP contribution in [0.4, 0.5) is 14.6 Å². The van der Waals surface area contributed by atoms with Gasteiger partial charge in [-0.3, -0.25) is 10.2 Å². The highest BCUT2D eigenvalue weighted by atomic mass is 127. The maximum atomic E-state index is 14.8. The first-order valence-corrected chi connectivity index (χ1v) is 9.40. The Morgan fingerprint density at radius 3 is 2.78 bits per heavy atom. The third-order valence-electron chi connectivity index (χ3n) is 4.07. The van der Waals surface area contributed by atoms with E-state index in [9.17, 15) is 13.6 Å². The number of benzene rings is 1. The van der Waals surface area contributed by atoms with Crippen molar-refractivity contribution in [2.75, 3.05) is 18.0 Å². The molecule has 0 spiro atoms. The number of amidine groups is 1. The number of carbonyl (C=O) groups is 1. The van der Waals surface area contributed by atoms with Crippen molar-refractivity contribution in [2.45, 2.75) is 17.0 Å². The van der Waals surface area contributed by atoms with Crippen molar-refractivity contribution in [3.05, 3.63) is 47.7 Å². The lowest BCUT2D eigenvalue weighted by atomic mass is 10.0. The van der Waals surface area contributed by atoms with Crippen molar-refractivity contribution in [3.63, 3.8) is 0 Å². The number of nitrogens with zero attached hydrogens (tertiary/aromatic N) is 2. The fraction of sp³-hybridized carbons (Fsp3) is 0.278. The van der Waals surface area contributed by atoms with Crippen molar-refractivity contribution < 1.29 is 18.3 Å². The van der Waals surface area contributed by atoms with Gasteiger partial charge in [0.05, 0.1) is 0 Å². The van der Waals surface area contributed by atoms with Gasteiger partial charge < -0.3 is 15.4 Å². The van der Waals surface area contributed by atoms with Crippen LogP contribution in [0.2, 0.25) is 0 Å². The van der Waals surface area contributed by atoms with Crippen LogP contribution in [0.1, 0.15) is 12.0 Å². The number of hydrogen-bond acceptors (Lipinski definition) is 5. The summed E-state index contributed by atoms with van der Waals surface area (Å²) in [5.74, 6) is -1.90. The van der Waals surface area contributed by atoms with Crippen LogP contribution in [0.5, 0.6) is 0 Å². The smallest absolute Gasteiger partial charge is 0.313 e. The van der Waals surface area contributed by atoms with Crippen LogP contribution in [0.15, 0.2) is 30.5 Å². The zero-order valence-electron chi connectivity index (χ0n) is 14.2. The summed E-state index contributed by atoms with van der Waals surface area (Å²) in [5.41, 5.74) is 5.74. The van der Waals surface area contributed by atoms with Crippen molar-refractivity contribution in [1.29, 1.82) is 5.41 Å². The molecule has 0 atom stereocenters. The molecular weight excluding hydrogens is 469 g/mol. The molecule has 1 saturated heterocycles. The molecule has 0 aliphatic carbocycles. The number of aromatic nitrogens is 1. The van der Waals surface area contributed by atoms with E-state index in [2.05, 4.69) is 27.6 Å². The molecule has 1 aliphatic rings. The molecule has 27 heavy (non-hydrogen) atoms. The summed E-state index contributed by atoms with van der Waals surface area (Å²) < 4.78 is 34.6. The summed E-state index contributed by atoms with van der Waals surface area (Å²) in [4.78, 5) is 17.4. The zero-order chi connectivity index (χ0) is 19.6. The summed E-state index contributed by atoms with van der Waals surface area (Å²) in [6.07, 6.45) is 1.08. The number of rotatable bonds is 6. The van der Waals surface area contributed by atoms with Gasteiger partial charge in [-0.15, -0.1) is 0 Å². The van der Waals surface area contributed by atoms with Gasteiger partial charge in [0.25, 0.3) is 0 Å². The molecule has 2 aromatic rings. The van der Waals surface area contributed by atoms with Gasteiger partial charge in [-0.2, -0.15) is 0 Å². The molecule has 0 amide bonds. The van der Waals surface area contributed by atoms with Crippen LogP contribution < -0.4 is 10.6 Å². The van der Waals surface area contributed by atoms with E-state index >= 15 is 0 Å². The molecule has 0 saturated carbocycles. The monoisotopic (exact) mass is 486 g/mol. The first kappa shape index (κ1) is 19.5. The molecule has 2 heterocycles. The molecule has 0 unspecified atom stereocenters. The zero-order valence-corrected chi connectivity index (χ0v) is 16.4. The summed E-state index contributed by atoms with van der Waals surface area (Å²) in [6, 6.07) is 5.83. The number of anilines is 1. The number of pyridine rings is 1. The number of ether oxygens (including phenoxy) is 1. The van der Waals surface area contributed by atoms with E-state index in [1.807, 2.05) is 4.90 Å². The predicted octanol–water partition coefficient (Wildman–Crippen LogP) is 3.02. The Morgan fingerprint density at radius 2 is 2.15 bits per heavy atom. The highest BCUT2D eigenvalue weighted by Crippen LogP contribution is 2.30. The maximum Gasteiger partial charge on any atom is 0.313 e. The predicted molar refractivity (Wildman–Crippen MR) is 106 cm³/mol. The number of carbonyl (C=O) groups excluding carboxylic acids is 1. The third-order valence-corrected chi connectivity index (χ3v) is 4.86. The number of esters is 1. The van der Waals surface area contributed by atoms with Gasteiger partial charge in [0, 0.05) is 39.9 Å². The average Bonchev–Trinajstić information content (AvgIpc) is 2.58. The fourth-order valence-corrected chi connectivity index (χ4v) is 3.64. The van der Waals surface area contributed by atoms with Gasteiger partial charge in [0.15, 0.2) is 11.6 Å². The molecule has 6 nitrogen and oxygen atoms in total. The molecule has 3 N–H and O–H groups in total. The summed E-state index contributed by atoms with van der Waals surface area (Å²) >= 11 is 2.29. The van der Waals surface area contributed by atoms with Crippen LogP contribution in [0, 0.1) is 17.0 Å². The maximum absolute atomic E-state index is 14.8. The minimum absolute atomic E-state index is 0.143. The molecular formula is C18H17F2IN4O2. The second-order valence-corrected chi connectivity index (χ2v) is 7.93. The highest BCUT2D eigenvalue weighted by molar-refractivity contribution is 14.1. The van der Waals surface area contributed by atoms with E-state index in [4.69, 9.17) is 15.9 Å². The fourth-order valence-electron chi connectivity index (χ4n) is 2.69. The van der Waals surface area contributed by atoms with E-state index in [1.165, 1.54) is 24.4 Å². The molecule has 1 aliphatic heterocycles. The number of alkyl halides is 1. The number of nitrogens with two attached hydrogens (primary N) is 1. The molecule has 3 rings (SSSR count). The minimum atomic E-state index is -0.715. The SMILES string of the molecule is N=C(N)CC(=O)OCc1cccc(-c2cnc(N3CC(I)C3)c(F)c2)c1F. The Kier molecular flexibility index (Phi) is 5.88. The molecule has 0 bridgehead atoms. The van der Waals surface area contributed by atoms with Crippen molar-refractivity contribution >= 4 is 40.2 Å². The molecule has 1 aromatic heterocycles. The lowest BCUT2D eigenvalue weighted by molar-refractivity contribution is -0.143. The molecule has 9 heteroatoms. The van der Waals surface area contributed by atoms with Gasteiger partial charge >= 0.3 is 5.97 Å². The first-order valence-electron chi connectivity index (χ1n) is 8.16. The van der Waals surface area contributed by atoms with E-state index in [-0.39, 0.29) is 35.8 Å². The van der Waals surface area contributed by atoms with E-state index in [0.29, 0.717) is 9.49 Å². The van der Waals surface area contributed by atoms with Crippen LogP contribution >= 0.6 is 22.6 Å². The van der Waals surface area contributed by atoms with Gasteiger partial charge in [-0.05, 0) is 6.07 Å². The quantitative estimate of drug-likeness (QED) is 0.215. The molecule has 142 valence electrons. The van der Waals surface area contributed by atoms with Crippen LogP contribution in [-0.4, -0.2) is 33.8 Å². The summed E-state index contributed by atoms with van der Waals surface area (Å²) in [7, 11) is 0.